The number of rotatable bonds is 3. The van der Waals surface area contributed by atoms with Crippen LogP contribution in [0.2, 0.25) is 0 Å². The molecule has 0 spiro atoms. The molecule has 0 unspecified atom stereocenters. The molecule has 0 amide bonds. The van der Waals surface area contributed by atoms with Crippen molar-refractivity contribution in [1.29, 1.82) is 0 Å². The minimum Gasteiger partial charge on any atom is -0.0702 e. The van der Waals surface area contributed by atoms with E-state index in [9.17, 15) is 0 Å². The summed E-state index contributed by atoms with van der Waals surface area (Å²) in [5.41, 5.74) is 2.80. The molecule has 0 saturated heterocycles. The molecular weight excluding hydrogens is 224 g/mol. The van der Waals surface area contributed by atoms with E-state index in [0.717, 1.165) is 17.3 Å². The van der Waals surface area contributed by atoms with Gasteiger partial charge in [0, 0.05) is 4.47 Å². The van der Waals surface area contributed by atoms with Gasteiger partial charge >= 0.3 is 0 Å². The topological polar surface area (TPSA) is 0 Å². The summed E-state index contributed by atoms with van der Waals surface area (Å²) < 4.78 is 1.14. The van der Waals surface area contributed by atoms with E-state index in [0.29, 0.717) is 0 Å². The molecule has 70 valence electrons. The minimum atomic E-state index is 1.14. The van der Waals surface area contributed by atoms with Gasteiger partial charge in [-0.25, -0.2) is 0 Å². The van der Waals surface area contributed by atoms with Gasteiger partial charge in [0.25, 0.3) is 0 Å². The Morgan fingerprint density at radius 2 is 1.69 bits per heavy atom. The maximum Gasteiger partial charge on any atom is 0.0175 e. The predicted molar refractivity (Wildman–Crippen MR) is 62.7 cm³/mol. The summed E-state index contributed by atoms with van der Waals surface area (Å²) in [4.78, 5) is 0. The van der Waals surface area contributed by atoms with E-state index in [2.05, 4.69) is 60.1 Å². The molecule has 1 aromatic rings. The summed E-state index contributed by atoms with van der Waals surface area (Å²) in [7, 11) is 0. The molecule has 13 heavy (non-hydrogen) atoms. The monoisotopic (exact) mass is 238 g/mol. The maximum absolute atomic E-state index is 3.43. The molecule has 1 heteroatoms. The van der Waals surface area contributed by atoms with Crippen molar-refractivity contribution in [2.75, 3.05) is 0 Å². The molecule has 0 N–H and O–H groups in total. The second kappa shape index (κ2) is 5.23. The Hall–Kier alpha value is -0.560. The van der Waals surface area contributed by atoms with Crippen molar-refractivity contribution in [3.8, 4) is 0 Å². The molecule has 1 rings (SSSR count). The van der Waals surface area contributed by atoms with Crippen molar-refractivity contribution in [3.63, 3.8) is 0 Å². The quantitative estimate of drug-likeness (QED) is 0.720. The van der Waals surface area contributed by atoms with Crippen molar-refractivity contribution in [2.45, 2.75) is 26.7 Å². The highest BCUT2D eigenvalue weighted by Crippen LogP contribution is 2.15. The highest BCUT2D eigenvalue weighted by molar-refractivity contribution is 9.10. The van der Waals surface area contributed by atoms with E-state index in [1.165, 1.54) is 11.1 Å². The van der Waals surface area contributed by atoms with Gasteiger partial charge in [0.1, 0.15) is 0 Å². The van der Waals surface area contributed by atoms with E-state index in [1.54, 1.807) is 0 Å². The summed E-state index contributed by atoms with van der Waals surface area (Å²) >= 11 is 3.43. The molecule has 1 aromatic carbocycles. The van der Waals surface area contributed by atoms with Crippen LogP contribution in [0.1, 0.15) is 32.3 Å². The molecule has 0 atom stereocenters. The highest BCUT2D eigenvalue weighted by atomic mass is 79.9. The first-order valence-corrected chi connectivity index (χ1v) is 5.50. The van der Waals surface area contributed by atoms with E-state index in [-0.39, 0.29) is 0 Å². The second-order valence-electron chi connectivity index (χ2n) is 3.06. The van der Waals surface area contributed by atoms with E-state index < -0.39 is 0 Å². The third-order valence-corrected chi connectivity index (χ3v) is 2.68. The van der Waals surface area contributed by atoms with Crippen molar-refractivity contribution < 1.29 is 0 Å². The summed E-state index contributed by atoms with van der Waals surface area (Å²) in [6.45, 7) is 4.41. The van der Waals surface area contributed by atoms with Crippen LogP contribution in [0.15, 0.2) is 34.3 Å². The average molecular weight is 239 g/mol. The van der Waals surface area contributed by atoms with Crippen LogP contribution < -0.4 is 0 Å². The zero-order chi connectivity index (χ0) is 9.68. The molecule has 0 aliphatic carbocycles. The number of benzene rings is 1. The first kappa shape index (κ1) is 10.5. The van der Waals surface area contributed by atoms with Crippen molar-refractivity contribution >= 4 is 22.0 Å². The van der Waals surface area contributed by atoms with Crippen LogP contribution in [-0.4, -0.2) is 0 Å². The molecule has 0 nitrogen and oxygen atoms in total. The summed E-state index contributed by atoms with van der Waals surface area (Å²) in [5, 5.41) is 0. The Kier molecular flexibility index (Phi) is 4.23. The van der Waals surface area contributed by atoms with Gasteiger partial charge in [0.05, 0.1) is 0 Å². The number of allylic oxidation sites excluding steroid dienone is 1. The van der Waals surface area contributed by atoms with Crippen LogP contribution >= 0.6 is 15.9 Å². The van der Waals surface area contributed by atoms with Crippen LogP contribution in [0.25, 0.3) is 6.08 Å². The number of hydrogen-bond donors (Lipinski definition) is 0. The fraction of sp³-hybridized carbons (Fsp3) is 0.333. The largest absolute Gasteiger partial charge is 0.0702 e. The van der Waals surface area contributed by atoms with Crippen LogP contribution in [-0.2, 0) is 0 Å². The molecule has 0 heterocycles. The highest BCUT2D eigenvalue weighted by Gasteiger charge is 1.92. The van der Waals surface area contributed by atoms with Gasteiger partial charge in [0.2, 0.25) is 0 Å². The lowest BCUT2D eigenvalue weighted by molar-refractivity contribution is 0.990. The van der Waals surface area contributed by atoms with E-state index in [4.69, 9.17) is 0 Å². The van der Waals surface area contributed by atoms with Crippen LogP contribution in [0.4, 0.5) is 0 Å². The van der Waals surface area contributed by atoms with Gasteiger partial charge in [-0.1, -0.05) is 53.6 Å². The van der Waals surface area contributed by atoms with Crippen LogP contribution in [0.5, 0.6) is 0 Å². The van der Waals surface area contributed by atoms with Gasteiger partial charge in [-0.3, -0.25) is 0 Å². The fourth-order valence-corrected chi connectivity index (χ4v) is 1.51. The van der Waals surface area contributed by atoms with E-state index in [1.807, 2.05) is 0 Å². The van der Waals surface area contributed by atoms with Crippen LogP contribution in [0.3, 0.4) is 0 Å². The number of halogens is 1. The normalized spacial score (nSPS) is 9.77. The summed E-state index contributed by atoms with van der Waals surface area (Å²) in [6, 6.07) is 8.42. The van der Waals surface area contributed by atoms with Crippen molar-refractivity contribution in [1.82, 2.24) is 0 Å². The lowest BCUT2D eigenvalue weighted by Gasteiger charge is -2.00. The lowest BCUT2D eigenvalue weighted by Crippen LogP contribution is -1.78. The van der Waals surface area contributed by atoms with Crippen LogP contribution in [0, 0.1) is 0 Å². The second-order valence-corrected chi connectivity index (χ2v) is 3.98. The van der Waals surface area contributed by atoms with Crippen molar-refractivity contribution in [2.24, 2.45) is 0 Å². The number of hydrogen-bond acceptors (Lipinski definition) is 0. The van der Waals surface area contributed by atoms with Gasteiger partial charge < -0.3 is 0 Å². The SMILES string of the molecule is CCC(=Cc1ccc(Br)cc1)CC. The first-order chi connectivity index (χ1) is 6.26. The summed E-state index contributed by atoms with van der Waals surface area (Å²) in [5.74, 6) is 0. The van der Waals surface area contributed by atoms with Gasteiger partial charge in [-0.15, -0.1) is 0 Å². The average Bonchev–Trinajstić information content (AvgIpc) is 2.17. The molecule has 0 radical (unpaired) electrons. The lowest BCUT2D eigenvalue weighted by atomic mass is 10.1. The molecule has 0 bridgehead atoms. The fourth-order valence-electron chi connectivity index (χ4n) is 1.25. The maximum atomic E-state index is 3.43. The molecule has 0 saturated carbocycles. The Bertz CT molecular complexity index is 276. The third kappa shape index (κ3) is 3.35. The van der Waals surface area contributed by atoms with Gasteiger partial charge in [0.15, 0.2) is 0 Å². The zero-order valence-corrected chi connectivity index (χ0v) is 9.76. The predicted octanol–water partition coefficient (Wildman–Crippen LogP) is 4.65. The smallest absolute Gasteiger partial charge is 0.0175 e. The first-order valence-electron chi connectivity index (χ1n) is 4.71. The van der Waals surface area contributed by atoms with E-state index >= 15 is 0 Å². The molecule has 0 aliphatic rings. The minimum absolute atomic E-state index is 1.14. The molecule has 0 fully saturated rings. The Morgan fingerprint density at radius 3 is 2.15 bits per heavy atom. The van der Waals surface area contributed by atoms with Gasteiger partial charge in [-0.05, 0) is 30.5 Å². The third-order valence-electron chi connectivity index (χ3n) is 2.15. The Labute approximate surface area is 88.8 Å². The molecule has 0 aliphatic heterocycles. The van der Waals surface area contributed by atoms with Crippen molar-refractivity contribution in [3.05, 3.63) is 39.9 Å². The van der Waals surface area contributed by atoms with Gasteiger partial charge in [-0.2, -0.15) is 0 Å². The molecular formula is C12H15Br. The standard InChI is InChI=1S/C12H15Br/c1-3-10(4-2)9-11-5-7-12(13)8-6-11/h5-9H,3-4H2,1-2H3. The zero-order valence-electron chi connectivity index (χ0n) is 8.18. The Morgan fingerprint density at radius 1 is 1.15 bits per heavy atom. The summed E-state index contributed by atoms with van der Waals surface area (Å²) in [6.07, 6.45) is 4.56. The molecule has 0 aromatic heterocycles. The Balaban J connectivity index is 2.84.